The lowest BCUT2D eigenvalue weighted by atomic mass is 9.82. The highest BCUT2D eigenvalue weighted by Crippen LogP contribution is 2.34. The van der Waals surface area contributed by atoms with Crippen molar-refractivity contribution in [2.75, 3.05) is 14.1 Å². The van der Waals surface area contributed by atoms with Gasteiger partial charge in [0.2, 0.25) is 0 Å². The molecule has 0 bridgehead atoms. The number of ketones is 1. The van der Waals surface area contributed by atoms with Crippen molar-refractivity contribution < 1.29 is 4.79 Å². The Balaban J connectivity index is 1.43. The molecule has 1 aliphatic carbocycles. The zero-order valence-corrected chi connectivity index (χ0v) is 19.1. The molecule has 0 radical (unpaired) electrons. The van der Waals surface area contributed by atoms with Crippen molar-refractivity contribution in [1.82, 2.24) is 18.9 Å². The largest absolute Gasteiger partial charge is 0.330 e. The molecule has 5 heteroatoms. The molecule has 5 rings (SSSR count). The topological polar surface area (TPSA) is 42.5 Å². The van der Waals surface area contributed by atoms with E-state index in [0.717, 1.165) is 48.5 Å². The number of hydrogen-bond donors (Lipinski definition) is 0. The zero-order chi connectivity index (χ0) is 22.2. The van der Waals surface area contributed by atoms with E-state index in [1.165, 1.54) is 16.7 Å². The van der Waals surface area contributed by atoms with E-state index in [-0.39, 0.29) is 11.7 Å². The summed E-state index contributed by atoms with van der Waals surface area (Å²) in [6, 6.07) is 16.6. The van der Waals surface area contributed by atoms with Gasteiger partial charge >= 0.3 is 0 Å². The summed E-state index contributed by atoms with van der Waals surface area (Å²) < 4.78 is 4.30. The summed E-state index contributed by atoms with van der Waals surface area (Å²) in [5.41, 5.74) is 8.01. The van der Waals surface area contributed by atoms with Crippen molar-refractivity contribution in [3.8, 4) is 0 Å². The van der Waals surface area contributed by atoms with Gasteiger partial charge in [-0.05, 0) is 62.7 Å². The van der Waals surface area contributed by atoms with Crippen LogP contribution in [0.5, 0.6) is 0 Å². The smallest absolute Gasteiger partial charge is 0.183 e. The Morgan fingerprint density at radius 3 is 2.66 bits per heavy atom. The Bertz CT molecular complexity index is 1270. The number of hydrogen-bond acceptors (Lipinski definition) is 3. The van der Waals surface area contributed by atoms with E-state index in [9.17, 15) is 4.79 Å². The minimum Gasteiger partial charge on any atom is -0.330 e. The number of Topliss-reactive ketones (excluding diaryl/α,β-unsaturated/α-hetero) is 1. The molecule has 164 valence electrons. The fourth-order valence-electron chi connectivity index (χ4n) is 5.05. The van der Waals surface area contributed by atoms with Crippen molar-refractivity contribution >= 4 is 11.3 Å². The summed E-state index contributed by atoms with van der Waals surface area (Å²) >= 11 is 0. The van der Waals surface area contributed by atoms with Crippen LogP contribution in [0.2, 0.25) is 0 Å². The van der Waals surface area contributed by atoms with Gasteiger partial charge in [0, 0.05) is 37.3 Å². The lowest BCUT2D eigenvalue weighted by Gasteiger charge is -2.22. The van der Waals surface area contributed by atoms with E-state index in [0.29, 0.717) is 6.42 Å². The minimum absolute atomic E-state index is 0.0215. The number of imidazole rings is 1. The van der Waals surface area contributed by atoms with E-state index in [1.54, 1.807) is 0 Å². The van der Waals surface area contributed by atoms with E-state index in [2.05, 4.69) is 71.3 Å². The highest BCUT2D eigenvalue weighted by Gasteiger charge is 2.33. The first-order valence-corrected chi connectivity index (χ1v) is 11.4. The van der Waals surface area contributed by atoms with Crippen LogP contribution < -0.4 is 0 Å². The fourth-order valence-corrected chi connectivity index (χ4v) is 5.05. The van der Waals surface area contributed by atoms with Gasteiger partial charge in [0.15, 0.2) is 5.78 Å². The van der Waals surface area contributed by atoms with E-state index in [4.69, 9.17) is 4.98 Å². The Morgan fingerprint density at radius 2 is 1.88 bits per heavy atom. The second-order valence-electron chi connectivity index (χ2n) is 9.19. The fraction of sp³-hybridized carbons (Fsp3) is 0.333. The molecule has 3 aromatic heterocycles. The van der Waals surface area contributed by atoms with Crippen LogP contribution in [0.4, 0.5) is 0 Å². The van der Waals surface area contributed by atoms with Crippen LogP contribution in [0.15, 0.2) is 61.1 Å². The number of benzene rings is 1. The average Bonchev–Trinajstić information content (AvgIpc) is 3.29. The predicted molar refractivity (Wildman–Crippen MR) is 127 cm³/mol. The molecule has 3 heterocycles. The Labute approximate surface area is 189 Å². The van der Waals surface area contributed by atoms with Gasteiger partial charge in [-0.1, -0.05) is 36.4 Å². The first-order chi connectivity index (χ1) is 15.5. The lowest BCUT2D eigenvalue weighted by Crippen LogP contribution is -2.26. The van der Waals surface area contributed by atoms with Gasteiger partial charge in [0.05, 0.1) is 23.2 Å². The molecule has 0 aliphatic heterocycles. The van der Waals surface area contributed by atoms with Crippen molar-refractivity contribution in [2.24, 2.45) is 5.92 Å². The maximum atomic E-state index is 13.7. The van der Waals surface area contributed by atoms with Gasteiger partial charge < -0.3 is 13.9 Å². The van der Waals surface area contributed by atoms with Crippen molar-refractivity contribution in [3.63, 3.8) is 0 Å². The summed E-state index contributed by atoms with van der Waals surface area (Å²) in [5, 5.41) is 0. The van der Waals surface area contributed by atoms with Crippen molar-refractivity contribution in [1.29, 1.82) is 0 Å². The molecule has 1 aliphatic rings. The van der Waals surface area contributed by atoms with Crippen LogP contribution in [-0.4, -0.2) is 38.7 Å². The van der Waals surface area contributed by atoms with Crippen LogP contribution in [-0.2, 0) is 25.9 Å². The van der Waals surface area contributed by atoms with Crippen LogP contribution in [0.3, 0.4) is 0 Å². The summed E-state index contributed by atoms with van der Waals surface area (Å²) in [7, 11) is 4.17. The quantitative estimate of drug-likeness (QED) is 0.455. The molecule has 1 unspecified atom stereocenters. The molecule has 0 spiro atoms. The third-order valence-corrected chi connectivity index (χ3v) is 6.72. The highest BCUT2D eigenvalue weighted by atomic mass is 16.1. The van der Waals surface area contributed by atoms with E-state index >= 15 is 0 Å². The molecule has 1 atom stereocenters. The van der Waals surface area contributed by atoms with Gasteiger partial charge in [-0.25, -0.2) is 4.98 Å². The Morgan fingerprint density at radius 1 is 1.09 bits per heavy atom. The van der Waals surface area contributed by atoms with Gasteiger partial charge in [-0.2, -0.15) is 0 Å². The molecule has 0 fully saturated rings. The third-order valence-electron chi connectivity index (χ3n) is 6.72. The summed E-state index contributed by atoms with van der Waals surface area (Å²) in [5.74, 6) is 0.237. The number of rotatable bonds is 6. The van der Waals surface area contributed by atoms with Gasteiger partial charge in [-0.15, -0.1) is 0 Å². The van der Waals surface area contributed by atoms with Gasteiger partial charge in [0.25, 0.3) is 0 Å². The Hall–Kier alpha value is -3.18. The number of carbonyl (C=O) groups excluding carboxylic acids is 1. The first kappa shape index (κ1) is 20.7. The predicted octanol–water partition coefficient (Wildman–Crippen LogP) is 4.54. The summed E-state index contributed by atoms with van der Waals surface area (Å²) in [6.45, 7) is 3.77. The lowest BCUT2D eigenvalue weighted by molar-refractivity contribution is 0.0894. The number of pyridine rings is 1. The zero-order valence-electron chi connectivity index (χ0n) is 19.1. The maximum absolute atomic E-state index is 13.7. The van der Waals surface area contributed by atoms with Gasteiger partial charge in [-0.3, -0.25) is 4.79 Å². The molecule has 0 N–H and O–H groups in total. The van der Waals surface area contributed by atoms with Crippen LogP contribution >= 0.6 is 0 Å². The number of carbonyl (C=O) groups is 1. The highest BCUT2D eigenvalue weighted by molar-refractivity contribution is 6.01. The number of nitrogens with zero attached hydrogens (tertiary/aromatic N) is 4. The maximum Gasteiger partial charge on any atom is 0.183 e. The summed E-state index contributed by atoms with van der Waals surface area (Å²) in [6.07, 6.45) is 6.48. The molecular formula is C27H30N4O. The third kappa shape index (κ3) is 3.67. The molecule has 5 nitrogen and oxygen atoms in total. The molecule has 32 heavy (non-hydrogen) atoms. The molecule has 4 aromatic rings. The van der Waals surface area contributed by atoms with Gasteiger partial charge in [0.1, 0.15) is 0 Å². The van der Waals surface area contributed by atoms with Crippen LogP contribution in [0.25, 0.3) is 5.52 Å². The Kier molecular flexibility index (Phi) is 5.43. The molecule has 0 saturated heterocycles. The van der Waals surface area contributed by atoms with E-state index in [1.807, 2.05) is 24.7 Å². The minimum atomic E-state index is -0.0215. The van der Waals surface area contributed by atoms with E-state index < -0.39 is 0 Å². The van der Waals surface area contributed by atoms with Crippen molar-refractivity contribution in [2.45, 2.75) is 39.3 Å². The molecular weight excluding hydrogens is 396 g/mol. The average molecular weight is 427 g/mol. The standard InChI is InChI=1S/C27H30N4O/c1-19-24(28-18-30(19)16-20-9-5-4-6-10-20)15-21-12-13-22-23(17-29(2)3)25-11-7-8-14-31(25)26(22)27(21)32/h4-11,14,18,21H,12-13,15-17H2,1-3H3. The molecule has 0 amide bonds. The first-order valence-electron chi connectivity index (χ1n) is 11.4. The normalized spacial score (nSPS) is 16.1. The summed E-state index contributed by atoms with van der Waals surface area (Å²) in [4.78, 5) is 20.6. The molecule has 0 saturated carbocycles. The van der Waals surface area contributed by atoms with Crippen LogP contribution in [0.1, 0.15) is 45.0 Å². The van der Waals surface area contributed by atoms with Crippen molar-refractivity contribution in [3.05, 3.63) is 94.8 Å². The molecule has 1 aromatic carbocycles. The van der Waals surface area contributed by atoms with Crippen LogP contribution in [0, 0.1) is 12.8 Å². The number of fused-ring (bicyclic) bond motifs is 3. The monoisotopic (exact) mass is 426 g/mol. The second-order valence-corrected chi connectivity index (χ2v) is 9.19. The second kappa shape index (κ2) is 8.40. The SMILES string of the molecule is Cc1c(CC2CCc3c(CN(C)C)c4ccccn4c3C2=O)ncn1Cc1ccccc1. The number of aromatic nitrogens is 3.